The van der Waals surface area contributed by atoms with Crippen LogP contribution in [0.3, 0.4) is 0 Å². The fourth-order valence-electron chi connectivity index (χ4n) is 2.42. The van der Waals surface area contributed by atoms with Crippen LogP contribution in [0.15, 0.2) is 47.4 Å². The predicted octanol–water partition coefficient (Wildman–Crippen LogP) is 4.70. The van der Waals surface area contributed by atoms with Crippen LogP contribution in [0.4, 0.5) is 18.9 Å². The van der Waals surface area contributed by atoms with E-state index >= 15 is 0 Å². The van der Waals surface area contributed by atoms with Gasteiger partial charge in [-0.05, 0) is 55.3 Å². The molecule has 0 aliphatic carbocycles. The van der Waals surface area contributed by atoms with E-state index in [2.05, 4.69) is 10.0 Å². The molecule has 1 amide bonds. The van der Waals surface area contributed by atoms with Gasteiger partial charge in [-0.1, -0.05) is 25.4 Å². The molecule has 0 bridgehead atoms. The second-order valence-corrected chi connectivity index (χ2v) is 9.26. The van der Waals surface area contributed by atoms with Crippen LogP contribution in [0, 0.1) is 5.92 Å². The smallest absolute Gasteiger partial charge is 0.417 e. The molecule has 6 nitrogen and oxygen atoms in total. The Hall–Kier alpha value is -2.46. The van der Waals surface area contributed by atoms with Crippen LogP contribution in [0.25, 0.3) is 0 Å². The van der Waals surface area contributed by atoms with Gasteiger partial charge in [-0.2, -0.15) is 13.2 Å². The first-order valence-electron chi connectivity index (χ1n) is 9.23. The van der Waals surface area contributed by atoms with Crippen molar-refractivity contribution in [3.63, 3.8) is 0 Å². The molecule has 2 aromatic carbocycles. The van der Waals surface area contributed by atoms with Gasteiger partial charge in [0, 0.05) is 12.2 Å². The number of hydrogen-bond donors (Lipinski definition) is 2. The summed E-state index contributed by atoms with van der Waals surface area (Å²) in [4.78, 5) is 11.8. The summed E-state index contributed by atoms with van der Waals surface area (Å²) in [6.07, 6.45) is -5.52. The number of nitrogens with one attached hydrogen (secondary N) is 2. The molecular formula is C20H22ClF3N2O4S. The van der Waals surface area contributed by atoms with E-state index in [1.165, 1.54) is 24.3 Å². The first kappa shape index (κ1) is 24.8. The van der Waals surface area contributed by atoms with Gasteiger partial charge in [-0.25, -0.2) is 8.42 Å². The fraction of sp³-hybridized carbons (Fsp3) is 0.350. The summed E-state index contributed by atoms with van der Waals surface area (Å²) >= 11 is 5.55. The maximum atomic E-state index is 13.0. The molecule has 2 aromatic rings. The standard InChI is InChI=1S/C20H22ClF3N2O4S/c1-12(2)11-25-19(27)13(3)30-15-5-7-16(8-6-15)31(28,29)26-14-4-9-18(21)17(10-14)20(22,23)24/h4-10,12-13,26H,11H2,1-3H3,(H,25,27)/t13-/m0/s1. The van der Waals surface area contributed by atoms with Gasteiger partial charge >= 0.3 is 6.18 Å². The van der Waals surface area contributed by atoms with Crippen LogP contribution in [-0.2, 0) is 21.0 Å². The van der Waals surface area contributed by atoms with Crippen LogP contribution in [0.1, 0.15) is 26.3 Å². The monoisotopic (exact) mass is 478 g/mol. The van der Waals surface area contributed by atoms with Crippen LogP contribution >= 0.6 is 11.6 Å². The Morgan fingerprint density at radius 2 is 1.71 bits per heavy atom. The number of hydrogen-bond acceptors (Lipinski definition) is 4. The Balaban J connectivity index is 2.11. The molecule has 0 radical (unpaired) electrons. The molecule has 31 heavy (non-hydrogen) atoms. The lowest BCUT2D eigenvalue weighted by atomic mass is 10.2. The average Bonchev–Trinajstić information content (AvgIpc) is 2.66. The third-order valence-electron chi connectivity index (χ3n) is 4.02. The van der Waals surface area contributed by atoms with Gasteiger partial charge in [0.05, 0.1) is 15.5 Å². The largest absolute Gasteiger partial charge is 0.481 e. The third kappa shape index (κ3) is 7.03. The second kappa shape index (κ2) is 9.78. The lowest BCUT2D eigenvalue weighted by Gasteiger charge is -2.16. The molecule has 0 fully saturated rings. The lowest BCUT2D eigenvalue weighted by Crippen LogP contribution is -2.38. The molecule has 0 saturated carbocycles. The zero-order valence-corrected chi connectivity index (χ0v) is 18.5. The lowest BCUT2D eigenvalue weighted by molar-refractivity contribution is -0.137. The first-order valence-corrected chi connectivity index (χ1v) is 11.1. The number of anilines is 1. The van der Waals surface area contributed by atoms with Crippen molar-refractivity contribution in [2.24, 2.45) is 5.92 Å². The highest BCUT2D eigenvalue weighted by Gasteiger charge is 2.33. The predicted molar refractivity (Wildman–Crippen MR) is 112 cm³/mol. The van der Waals surface area contributed by atoms with E-state index < -0.39 is 32.9 Å². The molecule has 170 valence electrons. The maximum Gasteiger partial charge on any atom is 0.417 e. The fourth-order valence-corrected chi connectivity index (χ4v) is 3.70. The van der Waals surface area contributed by atoms with E-state index in [0.717, 1.165) is 12.1 Å². The van der Waals surface area contributed by atoms with Crippen molar-refractivity contribution >= 4 is 33.2 Å². The van der Waals surface area contributed by atoms with Crippen molar-refractivity contribution in [2.45, 2.75) is 37.9 Å². The number of carbonyl (C=O) groups excluding carboxylic acids is 1. The molecule has 1 atom stereocenters. The molecule has 0 heterocycles. The molecular weight excluding hydrogens is 457 g/mol. The zero-order chi connectivity index (χ0) is 23.4. The summed E-state index contributed by atoms with van der Waals surface area (Å²) in [6.45, 7) is 5.96. The normalized spacial score (nSPS) is 13.0. The van der Waals surface area contributed by atoms with Crippen molar-refractivity contribution in [3.8, 4) is 5.75 Å². The minimum absolute atomic E-state index is 0.194. The number of sulfonamides is 1. The number of rotatable bonds is 8. The summed E-state index contributed by atoms with van der Waals surface area (Å²) in [5.41, 5.74) is -1.43. The third-order valence-corrected chi connectivity index (χ3v) is 5.75. The van der Waals surface area contributed by atoms with Gasteiger partial charge in [-0.15, -0.1) is 0 Å². The molecule has 0 aliphatic rings. The van der Waals surface area contributed by atoms with Crippen LogP contribution in [-0.4, -0.2) is 27.0 Å². The number of ether oxygens (including phenoxy) is 1. The van der Waals surface area contributed by atoms with Crippen molar-refractivity contribution < 1.29 is 31.1 Å². The number of amides is 1. The van der Waals surface area contributed by atoms with Crippen molar-refractivity contribution in [1.29, 1.82) is 0 Å². The van der Waals surface area contributed by atoms with Gasteiger partial charge < -0.3 is 10.1 Å². The Kier molecular flexibility index (Phi) is 7.82. The maximum absolute atomic E-state index is 13.0. The Morgan fingerprint density at radius 1 is 1.10 bits per heavy atom. The molecule has 0 aromatic heterocycles. The van der Waals surface area contributed by atoms with E-state index in [4.69, 9.17) is 16.3 Å². The summed E-state index contributed by atoms with van der Waals surface area (Å²) in [7, 11) is -4.16. The second-order valence-electron chi connectivity index (χ2n) is 7.17. The number of alkyl halides is 3. The van der Waals surface area contributed by atoms with Gasteiger partial charge in [0.2, 0.25) is 0 Å². The zero-order valence-electron chi connectivity index (χ0n) is 17.0. The van der Waals surface area contributed by atoms with Crippen LogP contribution in [0.2, 0.25) is 5.02 Å². The molecule has 2 N–H and O–H groups in total. The summed E-state index contributed by atoms with van der Waals surface area (Å²) in [5, 5.41) is 2.19. The molecule has 0 unspecified atom stereocenters. The van der Waals surface area contributed by atoms with Crippen molar-refractivity contribution in [2.75, 3.05) is 11.3 Å². The van der Waals surface area contributed by atoms with Gasteiger partial charge in [0.1, 0.15) is 5.75 Å². The van der Waals surface area contributed by atoms with E-state index in [-0.39, 0.29) is 28.2 Å². The van der Waals surface area contributed by atoms with E-state index in [0.29, 0.717) is 12.6 Å². The first-order chi connectivity index (χ1) is 14.3. The highest BCUT2D eigenvalue weighted by atomic mass is 35.5. The highest BCUT2D eigenvalue weighted by molar-refractivity contribution is 7.92. The summed E-state index contributed by atoms with van der Waals surface area (Å²) in [5.74, 6) is 0.230. The van der Waals surface area contributed by atoms with Gasteiger partial charge in [0.15, 0.2) is 6.10 Å². The van der Waals surface area contributed by atoms with E-state index in [9.17, 15) is 26.4 Å². The van der Waals surface area contributed by atoms with Crippen LogP contribution in [0.5, 0.6) is 5.75 Å². The van der Waals surface area contributed by atoms with Crippen LogP contribution < -0.4 is 14.8 Å². The van der Waals surface area contributed by atoms with Gasteiger partial charge in [-0.3, -0.25) is 9.52 Å². The molecule has 0 saturated heterocycles. The van der Waals surface area contributed by atoms with Gasteiger partial charge in [0.25, 0.3) is 15.9 Å². The average molecular weight is 479 g/mol. The topological polar surface area (TPSA) is 84.5 Å². The SMILES string of the molecule is CC(C)CNC(=O)[C@H](C)Oc1ccc(S(=O)(=O)Nc2ccc(Cl)c(C(F)(F)F)c2)cc1. The summed E-state index contributed by atoms with van der Waals surface area (Å²) in [6, 6.07) is 7.85. The number of halogens is 4. The molecule has 2 rings (SSSR count). The highest BCUT2D eigenvalue weighted by Crippen LogP contribution is 2.36. The molecule has 11 heteroatoms. The number of carbonyl (C=O) groups is 1. The minimum atomic E-state index is -4.73. The Labute approximate surface area is 183 Å². The molecule has 0 spiro atoms. The quantitative estimate of drug-likeness (QED) is 0.576. The number of benzene rings is 2. The van der Waals surface area contributed by atoms with E-state index in [1.807, 2.05) is 13.8 Å². The summed E-state index contributed by atoms with van der Waals surface area (Å²) < 4.78 is 71.5. The Morgan fingerprint density at radius 3 is 2.26 bits per heavy atom. The van der Waals surface area contributed by atoms with Crippen molar-refractivity contribution in [3.05, 3.63) is 53.1 Å². The van der Waals surface area contributed by atoms with Crippen molar-refractivity contribution in [1.82, 2.24) is 5.32 Å². The Bertz CT molecular complexity index is 1030. The molecule has 0 aliphatic heterocycles. The minimum Gasteiger partial charge on any atom is -0.481 e. The van der Waals surface area contributed by atoms with E-state index in [1.54, 1.807) is 6.92 Å².